The number of H-pyrrole nitrogens is 1. The Bertz CT molecular complexity index is 700. The minimum absolute atomic E-state index is 0.113. The number of hydrogen-bond acceptors (Lipinski definition) is 11. The van der Waals surface area contributed by atoms with E-state index in [1.54, 1.807) is 0 Å². The van der Waals surface area contributed by atoms with Crippen LogP contribution >= 0.6 is 35.7 Å². The first kappa shape index (κ1) is 15.7. The van der Waals surface area contributed by atoms with Gasteiger partial charge in [-0.05, 0) is 5.75 Å². The molecule has 0 aromatic carbocycles. The van der Waals surface area contributed by atoms with E-state index in [1.807, 2.05) is 0 Å². The molecule has 0 unspecified atom stereocenters. The highest BCUT2D eigenvalue weighted by molar-refractivity contribution is 8.01. The van der Waals surface area contributed by atoms with Gasteiger partial charge < -0.3 is 9.84 Å². The molecule has 0 saturated heterocycles. The first-order chi connectivity index (χ1) is 10.1. The van der Waals surface area contributed by atoms with E-state index in [2.05, 4.69) is 43.0 Å². The summed E-state index contributed by atoms with van der Waals surface area (Å²) in [4.78, 5) is 17.5. The normalized spacial score (nSPS) is 11.1. The number of nitrogens with zero attached hydrogens (tertiary/aromatic N) is 5. The van der Waals surface area contributed by atoms with Gasteiger partial charge in [0.1, 0.15) is 0 Å². The molecule has 0 amide bonds. The minimum Gasteiger partial charge on any atom is -0.491 e. The number of hydrogen-bond donors (Lipinski definition) is 3. The van der Waals surface area contributed by atoms with Crippen LogP contribution in [0.3, 0.4) is 0 Å². The van der Waals surface area contributed by atoms with E-state index < -0.39 is 11.4 Å². The van der Waals surface area contributed by atoms with Crippen molar-refractivity contribution in [3.8, 4) is 11.9 Å². The number of azo groups is 1. The molecule has 21 heavy (non-hydrogen) atoms. The van der Waals surface area contributed by atoms with E-state index in [4.69, 9.17) is 4.74 Å². The van der Waals surface area contributed by atoms with Crippen molar-refractivity contribution >= 4 is 46.5 Å². The van der Waals surface area contributed by atoms with Crippen molar-refractivity contribution in [3.63, 3.8) is 0 Å². The van der Waals surface area contributed by atoms with Crippen LogP contribution in [0.4, 0.5) is 10.8 Å². The Morgan fingerprint density at radius 1 is 1.48 bits per heavy atom. The maximum absolute atomic E-state index is 11.7. The van der Waals surface area contributed by atoms with Gasteiger partial charge in [0, 0.05) is 5.75 Å². The summed E-state index contributed by atoms with van der Waals surface area (Å²) < 4.78 is 5.43. The second-order valence-corrected chi connectivity index (χ2v) is 6.12. The molecule has 2 aromatic rings. The zero-order chi connectivity index (χ0) is 15.2. The van der Waals surface area contributed by atoms with Gasteiger partial charge in [-0.25, -0.2) is 0 Å². The van der Waals surface area contributed by atoms with Crippen LogP contribution in [-0.4, -0.2) is 43.9 Å². The van der Waals surface area contributed by atoms with E-state index in [0.29, 0.717) is 0 Å². The molecule has 0 aliphatic rings. The number of thioether (sulfide) groups is 1. The summed E-state index contributed by atoms with van der Waals surface area (Å²) in [7, 11) is 1.31. The highest BCUT2D eigenvalue weighted by atomic mass is 32.2. The van der Waals surface area contributed by atoms with Gasteiger partial charge in [0.15, 0.2) is 4.34 Å². The Labute approximate surface area is 132 Å². The zero-order valence-electron chi connectivity index (χ0n) is 10.7. The molecular weight excluding hydrogens is 336 g/mol. The average molecular weight is 346 g/mol. The third-order valence-electron chi connectivity index (χ3n) is 2.00. The molecule has 12 heteroatoms. The molecule has 9 nitrogen and oxygen atoms in total. The summed E-state index contributed by atoms with van der Waals surface area (Å²) in [6, 6.07) is -0.113. The number of rotatable bonds is 6. The number of aromatic hydroxyl groups is 1. The van der Waals surface area contributed by atoms with Crippen molar-refractivity contribution in [3.05, 3.63) is 10.4 Å². The smallest absolute Gasteiger partial charge is 0.299 e. The molecule has 0 fully saturated rings. The van der Waals surface area contributed by atoms with Gasteiger partial charge in [-0.1, -0.05) is 23.1 Å². The van der Waals surface area contributed by atoms with E-state index in [9.17, 15) is 9.90 Å². The fourth-order valence-corrected chi connectivity index (χ4v) is 2.90. The highest BCUT2D eigenvalue weighted by Crippen LogP contribution is 2.29. The van der Waals surface area contributed by atoms with E-state index in [-0.39, 0.29) is 16.8 Å². The van der Waals surface area contributed by atoms with Crippen LogP contribution in [0.25, 0.3) is 0 Å². The fraction of sp³-hybridized carbons (Fsp3) is 0.333. The summed E-state index contributed by atoms with van der Waals surface area (Å²) in [5, 5.41) is 25.0. The maximum atomic E-state index is 11.7. The average Bonchev–Trinajstić information content (AvgIpc) is 2.91. The van der Waals surface area contributed by atoms with Crippen LogP contribution < -0.4 is 10.3 Å². The van der Waals surface area contributed by atoms with Gasteiger partial charge in [0.25, 0.3) is 16.7 Å². The van der Waals surface area contributed by atoms with Crippen molar-refractivity contribution in [2.24, 2.45) is 10.2 Å². The molecule has 2 N–H and O–H groups in total. The number of aromatic nitrogens is 4. The highest BCUT2D eigenvalue weighted by Gasteiger charge is 2.11. The standard InChI is InChI=1S/C9H10N6O3S3/c1-18-7-10-5(16)4(6(17)11-7)12-13-8-14-15-9(21-8)20-3-2-19/h19H,2-3H2,1H3,(H2,10,11,16,17). The summed E-state index contributed by atoms with van der Waals surface area (Å²) in [6.07, 6.45) is 0. The Kier molecular flexibility index (Phi) is 5.52. The monoisotopic (exact) mass is 346 g/mol. The van der Waals surface area contributed by atoms with Crippen LogP contribution in [-0.2, 0) is 0 Å². The Hall–Kier alpha value is -1.66. The van der Waals surface area contributed by atoms with Gasteiger partial charge in [0.2, 0.25) is 11.6 Å². The van der Waals surface area contributed by atoms with Crippen LogP contribution in [0.15, 0.2) is 19.4 Å². The third-order valence-corrected chi connectivity index (χ3v) is 4.47. The van der Waals surface area contributed by atoms with Crippen molar-refractivity contribution < 1.29 is 9.84 Å². The summed E-state index contributed by atoms with van der Waals surface area (Å²) >= 11 is 6.81. The zero-order valence-corrected chi connectivity index (χ0v) is 13.2. The van der Waals surface area contributed by atoms with E-state index >= 15 is 0 Å². The largest absolute Gasteiger partial charge is 0.491 e. The Morgan fingerprint density at radius 2 is 2.29 bits per heavy atom. The molecular formula is C9H10N6O3S3. The molecule has 112 valence electrons. The lowest BCUT2D eigenvalue weighted by Gasteiger charge is -1.99. The predicted octanol–water partition coefficient (Wildman–Crippen LogP) is 1.77. The summed E-state index contributed by atoms with van der Waals surface area (Å²) in [6.45, 7) is 0. The second kappa shape index (κ2) is 7.38. The Morgan fingerprint density at radius 3 is 2.95 bits per heavy atom. The van der Waals surface area contributed by atoms with E-state index in [1.165, 1.54) is 30.2 Å². The fourth-order valence-electron chi connectivity index (χ4n) is 1.15. The van der Waals surface area contributed by atoms with Crippen LogP contribution in [0.2, 0.25) is 0 Å². The molecule has 0 radical (unpaired) electrons. The quantitative estimate of drug-likeness (QED) is 0.413. The number of methoxy groups -OCH3 is 1. The lowest BCUT2D eigenvalue weighted by molar-refractivity contribution is 0.362. The van der Waals surface area contributed by atoms with Gasteiger partial charge in [-0.15, -0.1) is 20.4 Å². The Balaban J connectivity index is 2.18. The molecule has 2 heterocycles. The second-order valence-electron chi connectivity index (χ2n) is 3.37. The lowest BCUT2D eigenvalue weighted by Crippen LogP contribution is -2.08. The molecule has 2 aromatic heterocycles. The van der Waals surface area contributed by atoms with Crippen molar-refractivity contribution in [1.29, 1.82) is 0 Å². The SMILES string of the molecule is COc1nc(O)c(N=Nc2nnc(SCCS)s2)c(=O)[nH]1. The topological polar surface area (TPSA) is 126 Å². The first-order valence-corrected chi connectivity index (χ1v) is 7.93. The molecule has 0 atom stereocenters. The molecule has 0 saturated carbocycles. The molecule has 0 aliphatic heterocycles. The van der Waals surface area contributed by atoms with Crippen molar-refractivity contribution in [2.75, 3.05) is 18.6 Å². The van der Waals surface area contributed by atoms with Crippen LogP contribution in [0.5, 0.6) is 11.9 Å². The summed E-state index contributed by atoms with van der Waals surface area (Å²) in [5.41, 5.74) is -0.993. The third kappa shape index (κ3) is 4.15. The lowest BCUT2D eigenvalue weighted by atomic mass is 10.5. The van der Waals surface area contributed by atoms with Crippen molar-refractivity contribution in [2.45, 2.75) is 4.34 Å². The van der Waals surface area contributed by atoms with Gasteiger partial charge in [-0.3, -0.25) is 9.78 Å². The number of thiol groups is 1. The van der Waals surface area contributed by atoms with Gasteiger partial charge >= 0.3 is 0 Å². The first-order valence-electron chi connectivity index (χ1n) is 5.50. The molecule has 2 rings (SSSR count). The molecule has 0 aliphatic carbocycles. The van der Waals surface area contributed by atoms with Crippen LogP contribution in [0.1, 0.15) is 0 Å². The minimum atomic E-state index is -0.669. The van der Waals surface area contributed by atoms with Gasteiger partial charge in [0.05, 0.1) is 7.11 Å². The van der Waals surface area contributed by atoms with E-state index in [0.717, 1.165) is 15.8 Å². The van der Waals surface area contributed by atoms with Gasteiger partial charge in [-0.2, -0.15) is 17.6 Å². The maximum Gasteiger partial charge on any atom is 0.299 e. The predicted molar refractivity (Wildman–Crippen MR) is 81.7 cm³/mol. The van der Waals surface area contributed by atoms with Crippen LogP contribution in [0, 0.1) is 0 Å². The summed E-state index contributed by atoms with van der Waals surface area (Å²) in [5.74, 6) is 0.952. The molecule has 0 bridgehead atoms. The number of ether oxygens (including phenoxy) is 1. The van der Waals surface area contributed by atoms with Crippen molar-refractivity contribution in [1.82, 2.24) is 20.2 Å². The number of aromatic amines is 1. The molecule has 0 spiro atoms. The number of nitrogens with one attached hydrogen (secondary N) is 1.